The van der Waals surface area contributed by atoms with E-state index < -0.39 is 0 Å². The highest BCUT2D eigenvalue weighted by Crippen LogP contribution is 2.40. The van der Waals surface area contributed by atoms with E-state index in [2.05, 4.69) is 15.3 Å². The number of aromatic hydroxyl groups is 1. The molecular weight excluding hydrogens is 525 g/mol. The number of hydrogen-bond acceptors (Lipinski definition) is 8. The zero-order valence-electron chi connectivity index (χ0n) is 18.4. The molecule has 6 nitrogen and oxygen atoms in total. The van der Waals surface area contributed by atoms with Crippen LogP contribution in [0.2, 0.25) is 10.0 Å². The second-order valence-corrected chi connectivity index (χ2v) is 10.2. The predicted molar refractivity (Wildman–Crippen MR) is 144 cm³/mol. The third-order valence-corrected chi connectivity index (χ3v) is 7.97. The molecule has 0 bridgehead atoms. The number of ketones is 2. The Morgan fingerprint density at radius 2 is 1.83 bits per heavy atom. The van der Waals surface area contributed by atoms with Crippen LogP contribution < -0.4 is 5.32 Å². The fraction of sp³-hybridized carbons (Fsp3) is 0.120. The maximum Gasteiger partial charge on any atom is 0.194 e. The number of anilines is 1. The summed E-state index contributed by atoms with van der Waals surface area (Å²) >= 11 is 14.6. The summed E-state index contributed by atoms with van der Waals surface area (Å²) in [5, 5.41) is 16.3. The molecule has 0 amide bonds. The minimum atomic E-state index is -0.203. The quantitative estimate of drug-likeness (QED) is 0.177. The molecule has 2 N–H and O–H groups in total. The lowest BCUT2D eigenvalue weighted by molar-refractivity contribution is 0.100. The van der Waals surface area contributed by atoms with Gasteiger partial charge in [-0.25, -0.2) is 4.98 Å². The van der Waals surface area contributed by atoms with Gasteiger partial charge in [0.15, 0.2) is 11.6 Å². The summed E-state index contributed by atoms with van der Waals surface area (Å²) in [7, 11) is 0. The van der Waals surface area contributed by atoms with E-state index in [1.54, 1.807) is 61.0 Å². The van der Waals surface area contributed by atoms with Crippen molar-refractivity contribution in [1.29, 1.82) is 0 Å². The molecule has 0 fully saturated rings. The van der Waals surface area contributed by atoms with Gasteiger partial charge in [-0.1, -0.05) is 35.3 Å². The SMILES string of the molecule is CC(=NCC(=O)c1ccc(C(=O)CNc2ccccn2)s1)c1csc(-c2ccc(Cl)c(Cl)c2)c1O. The number of Topliss-reactive ketones (excluding diaryl/α,β-unsaturated/α-hetero) is 2. The van der Waals surface area contributed by atoms with Crippen molar-refractivity contribution in [2.75, 3.05) is 18.4 Å². The molecule has 0 spiro atoms. The number of carbonyl (C=O) groups excluding carboxylic acids is 2. The van der Waals surface area contributed by atoms with E-state index >= 15 is 0 Å². The molecule has 0 radical (unpaired) electrons. The number of thiophene rings is 2. The molecule has 0 aliphatic heterocycles. The number of benzene rings is 1. The number of rotatable bonds is 9. The Morgan fingerprint density at radius 1 is 1.06 bits per heavy atom. The van der Waals surface area contributed by atoms with Gasteiger partial charge in [0, 0.05) is 22.9 Å². The van der Waals surface area contributed by atoms with Crippen molar-refractivity contribution in [1.82, 2.24) is 4.98 Å². The molecule has 4 aromatic rings. The van der Waals surface area contributed by atoms with E-state index in [0.717, 1.165) is 16.9 Å². The van der Waals surface area contributed by atoms with Gasteiger partial charge in [0.05, 0.1) is 31.2 Å². The monoisotopic (exact) mass is 543 g/mol. The molecule has 35 heavy (non-hydrogen) atoms. The third kappa shape index (κ3) is 5.97. The molecule has 4 rings (SSSR count). The molecule has 0 atom stereocenters. The molecular formula is C25H19Cl2N3O3S2. The van der Waals surface area contributed by atoms with Gasteiger partial charge in [0.1, 0.15) is 18.1 Å². The Labute approximate surface area is 219 Å². The summed E-state index contributed by atoms with van der Waals surface area (Å²) in [6.07, 6.45) is 1.64. The van der Waals surface area contributed by atoms with Gasteiger partial charge in [0.25, 0.3) is 0 Å². The number of aromatic nitrogens is 1. The van der Waals surface area contributed by atoms with Gasteiger partial charge in [-0.3, -0.25) is 14.6 Å². The lowest BCUT2D eigenvalue weighted by Crippen LogP contribution is -2.13. The Bertz CT molecular complexity index is 1410. The molecule has 0 saturated carbocycles. The lowest BCUT2D eigenvalue weighted by Gasteiger charge is -2.03. The third-order valence-electron chi connectivity index (χ3n) is 5.05. The van der Waals surface area contributed by atoms with E-state index in [4.69, 9.17) is 23.2 Å². The summed E-state index contributed by atoms with van der Waals surface area (Å²) in [5.74, 6) is 0.354. The van der Waals surface area contributed by atoms with Crippen LogP contribution in [0, 0.1) is 0 Å². The zero-order valence-corrected chi connectivity index (χ0v) is 21.6. The van der Waals surface area contributed by atoms with Gasteiger partial charge in [0.2, 0.25) is 0 Å². The smallest absolute Gasteiger partial charge is 0.194 e. The summed E-state index contributed by atoms with van der Waals surface area (Å²) in [5.41, 5.74) is 1.82. The number of pyridine rings is 1. The highest BCUT2D eigenvalue weighted by Gasteiger charge is 2.17. The highest BCUT2D eigenvalue weighted by molar-refractivity contribution is 7.16. The first-order valence-corrected chi connectivity index (χ1v) is 12.9. The van der Waals surface area contributed by atoms with E-state index in [1.165, 1.54) is 11.3 Å². The van der Waals surface area contributed by atoms with Crippen molar-refractivity contribution in [3.63, 3.8) is 0 Å². The van der Waals surface area contributed by atoms with E-state index in [0.29, 0.717) is 41.8 Å². The Hall–Kier alpha value is -3.04. The number of halogens is 2. The number of carbonyl (C=O) groups is 2. The van der Waals surface area contributed by atoms with Crippen molar-refractivity contribution < 1.29 is 14.7 Å². The van der Waals surface area contributed by atoms with Gasteiger partial charge >= 0.3 is 0 Å². The number of hydrogen-bond donors (Lipinski definition) is 2. The van der Waals surface area contributed by atoms with Crippen LogP contribution in [0.15, 0.2) is 65.1 Å². The lowest BCUT2D eigenvalue weighted by atomic mass is 10.1. The van der Waals surface area contributed by atoms with Gasteiger partial charge in [-0.2, -0.15) is 0 Å². The van der Waals surface area contributed by atoms with E-state index in [-0.39, 0.29) is 30.4 Å². The fourth-order valence-corrected chi connectivity index (χ4v) is 5.34. The van der Waals surface area contributed by atoms with Crippen LogP contribution >= 0.6 is 45.9 Å². The molecule has 0 aliphatic carbocycles. The normalized spacial score (nSPS) is 11.5. The standard InChI is InChI=1S/C25H19Cl2N3O3S2/c1-14(16-13-34-25(24(16)33)15-5-6-17(26)18(27)10-15)29-11-19(31)21-7-8-22(35-21)20(32)12-30-23-4-2-3-9-28-23/h2-10,13,33H,11-12H2,1H3,(H,28,30). The van der Waals surface area contributed by atoms with Crippen molar-refractivity contribution in [2.45, 2.75) is 6.92 Å². The minimum Gasteiger partial charge on any atom is -0.506 e. The minimum absolute atomic E-state index is 0.0755. The predicted octanol–water partition coefficient (Wildman–Crippen LogP) is 6.87. The molecule has 0 saturated heterocycles. The molecule has 178 valence electrons. The number of nitrogens with one attached hydrogen (secondary N) is 1. The zero-order chi connectivity index (χ0) is 24.9. The van der Waals surface area contributed by atoms with Crippen LogP contribution in [0.5, 0.6) is 5.75 Å². The summed E-state index contributed by atoms with van der Waals surface area (Å²) in [4.78, 5) is 35.2. The summed E-state index contributed by atoms with van der Waals surface area (Å²) in [6.45, 7) is 1.73. The van der Waals surface area contributed by atoms with Gasteiger partial charge < -0.3 is 10.4 Å². The Morgan fingerprint density at radius 3 is 2.54 bits per heavy atom. The second kappa shape index (κ2) is 11.1. The summed E-state index contributed by atoms with van der Waals surface area (Å²) in [6, 6.07) is 13.8. The first-order chi connectivity index (χ1) is 16.8. The van der Waals surface area contributed by atoms with Crippen molar-refractivity contribution in [2.24, 2.45) is 4.99 Å². The molecule has 0 unspecified atom stereocenters. The molecule has 3 aromatic heterocycles. The van der Waals surface area contributed by atoms with Crippen LogP contribution in [-0.2, 0) is 0 Å². The van der Waals surface area contributed by atoms with Crippen LogP contribution in [0.3, 0.4) is 0 Å². The van der Waals surface area contributed by atoms with Crippen molar-refractivity contribution >= 4 is 69.0 Å². The number of aliphatic imine (C=N–C) groups is 1. The Balaban J connectivity index is 1.40. The largest absolute Gasteiger partial charge is 0.506 e. The van der Waals surface area contributed by atoms with Gasteiger partial charge in [-0.15, -0.1) is 22.7 Å². The second-order valence-electron chi connectivity index (χ2n) is 7.44. The molecule has 10 heteroatoms. The van der Waals surface area contributed by atoms with Crippen molar-refractivity contribution in [3.8, 4) is 16.2 Å². The topological polar surface area (TPSA) is 91.7 Å². The fourth-order valence-electron chi connectivity index (χ4n) is 3.17. The molecule has 0 aliphatic rings. The number of nitrogens with zero attached hydrogens (tertiary/aromatic N) is 2. The van der Waals surface area contributed by atoms with Crippen LogP contribution in [0.1, 0.15) is 31.8 Å². The van der Waals surface area contributed by atoms with Crippen LogP contribution in [0.25, 0.3) is 10.4 Å². The van der Waals surface area contributed by atoms with Crippen molar-refractivity contribution in [3.05, 3.63) is 85.5 Å². The first kappa shape index (κ1) is 25.1. The highest BCUT2D eigenvalue weighted by atomic mass is 35.5. The molecule has 1 aromatic carbocycles. The molecule has 3 heterocycles. The van der Waals surface area contributed by atoms with E-state index in [1.807, 2.05) is 6.07 Å². The summed E-state index contributed by atoms with van der Waals surface area (Å²) < 4.78 is 0. The van der Waals surface area contributed by atoms with Gasteiger partial charge in [-0.05, 0) is 48.9 Å². The maximum atomic E-state index is 12.7. The average molecular weight is 544 g/mol. The maximum absolute atomic E-state index is 12.7. The van der Waals surface area contributed by atoms with Crippen LogP contribution in [-0.4, -0.2) is 40.5 Å². The van der Waals surface area contributed by atoms with E-state index in [9.17, 15) is 14.7 Å². The van der Waals surface area contributed by atoms with Crippen LogP contribution in [0.4, 0.5) is 5.82 Å². The Kier molecular flexibility index (Phi) is 7.97. The first-order valence-electron chi connectivity index (χ1n) is 10.4. The average Bonchev–Trinajstić information content (AvgIpc) is 3.51.